The Morgan fingerprint density at radius 2 is 1.50 bits per heavy atom. The van der Waals surface area contributed by atoms with Crippen LogP contribution in [0.2, 0.25) is 0 Å². The number of pyridine rings is 2. The van der Waals surface area contributed by atoms with Gasteiger partial charge in [-0.15, -0.1) is 0 Å². The summed E-state index contributed by atoms with van der Waals surface area (Å²) in [5.74, 6) is 1.79. The minimum Gasteiger partial charge on any atom is -0.493 e. The molecule has 3 aromatic rings. The second-order valence-corrected chi connectivity index (χ2v) is 6.13. The van der Waals surface area contributed by atoms with Crippen LogP contribution in [-0.2, 0) is 12.8 Å². The van der Waals surface area contributed by atoms with Crippen molar-refractivity contribution in [2.75, 3.05) is 21.3 Å². The van der Waals surface area contributed by atoms with E-state index in [1.807, 2.05) is 30.5 Å². The van der Waals surface area contributed by atoms with Crippen molar-refractivity contribution in [3.8, 4) is 39.9 Å². The molecule has 0 amide bonds. The molecule has 0 atom stereocenters. The summed E-state index contributed by atoms with van der Waals surface area (Å²) in [5, 5.41) is 0. The van der Waals surface area contributed by atoms with Gasteiger partial charge in [-0.05, 0) is 48.2 Å². The van der Waals surface area contributed by atoms with Crippen LogP contribution in [0.1, 0.15) is 11.1 Å². The first-order chi connectivity index (χ1) is 12.7. The lowest BCUT2D eigenvalue weighted by atomic mass is 9.92. The van der Waals surface area contributed by atoms with Crippen molar-refractivity contribution in [2.45, 2.75) is 12.8 Å². The molecular formula is C21H20N2O3. The van der Waals surface area contributed by atoms with Crippen LogP contribution >= 0.6 is 0 Å². The third-order valence-corrected chi connectivity index (χ3v) is 4.72. The van der Waals surface area contributed by atoms with Crippen molar-refractivity contribution >= 4 is 0 Å². The molecule has 5 nitrogen and oxygen atoms in total. The molecule has 0 bridgehead atoms. The highest BCUT2D eigenvalue weighted by atomic mass is 16.5. The molecule has 2 aromatic heterocycles. The Morgan fingerprint density at radius 1 is 0.808 bits per heavy atom. The number of hydrogen-bond acceptors (Lipinski definition) is 5. The average Bonchev–Trinajstić information content (AvgIpc) is 2.72. The number of ether oxygens (including phenoxy) is 3. The van der Waals surface area contributed by atoms with Crippen molar-refractivity contribution in [2.24, 2.45) is 0 Å². The van der Waals surface area contributed by atoms with E-state index >= 15 is 0 Å². The molecule has 0 radical (unpaired) electrons. The van der Waals surface area contributed by atoms with Crippen molar-refractivity contribution in [1.82, 2.24) is 9.97 Å². The largest absolute Gasteiger partial charge is 0.493 e. The maximum absolute atomic E-state index is 5.46. The van der Waals surface area contributed by atoms with Gasteiger partial charge in [0.05, 0.1) is 38.4 Å². The van der Waals surface area contributed by atoms with Gasteiger partial charge in [0.2, 0.25) is 5.75 Å². The molecule has 0 spiro atoms. The molecule has 132 valence electrons. The Bertz CT molecular complexity index is 944. The maximum atomic E-state index is 5.46. The van der Waals surface area contributed by atoms with Gasteiger partial charge in [0, 0.05) is 11.8 Å². The van der Waals surface area contributed by atoms with Crippen molar-refractivity contribution in [1.29, 1.82) is 0 Å². The van der Waals surface area contributed by atoms with Gasteiger partial charge in [0.25, 0.3) is 0 Å². The van der Waals surface area contributed by atoms with Crippen molar-refractivity contribution in [3.05, 3.63) is 53.7 Å². The summed E-state index contributed by atoms with van der Waals surface area (Å²) in [5.41, 5.74) is 6.16. The molecule has 0 fully saturated rings. The number of benzene rings is 1. The smallest absolute Gasteiger partial charge is 0.203 e. The molecule has 0 saturated heterocycles. The molecule has 0 unspecified atom stereocenters. The summed E-state index contributed by atoms with van der Waals surface area (Å²) in [6.45, 7) is 0. The number of fused-ring (bicyclic) bond motifs is 3. The lowest BCUT2D eigenvalue weighted by Crippen LogP contribution is -2.07. The van der Waals surface area contributed by atoms with Crippen LogP contribution < -0.4 is 14.2 Å². The van der Waals surface area contributed by atoms with Crippen LogP contribution in [-0.4, -0.2) is 31.3 Å². The van der Waals surface area contributed by atoms with E-state index in [4.69, 9.17) is 19.2 Å². The van der Waals surface area contributed by atoms with Crippen molar-refractivity contribution < 1.29 is 14.2 Å². The van der Waals surface area contributed by atoms with E-state index in [2.05, 4.69) is 17.1 Å². The third kappa shape index (κ3) is 2.65. The zero-order chi connectivity index (χ0) is 18.1. The second kappa shape index (κ2) is 6.67. The lowest BCUT2D eigenvalue weighted by Gasteiger charge is -2.19. The fourth-order valence-corrected chi connectivity index (χ4v) is 3.41. The Kier molecular flexibility index (Phi) is 4.21. The predicted molar refractivity (Wildman–Crippen MR) is 100.0 cm³/mol. The third-order valence-electron chi connectivity index (χ3n) is 4.72. The number of aromatic nitrogens is 2. The summed E-state index contributed by atoms with van der Waals surface area (Å²) in [6, 6.07) is 12.1. The molecule has 1 aromatic carbocycles. The monoisotopic (exact) mass is 348 g/mol. The molecule has 4 rings (SSSR count). The molecule has 26 heavy (non-hydrogen) atoms. The van der Waals surface area contributed by atoms with Crippen LogP contribution in [0, 0.1) is 0 Å². The average molecular weight is 348 g/mol. The standard InChI is InChI=1S/C21H20N2O3/c1-24-17-11-15(12-18(25-2)21(17)26-3)16-9-8-14-7-6-13-5-4-10-22-19(13)20(14)23-16/h4-5,8-12H,6-7H2,1-3H3. The van der Waals surface area contributed by atoms with Gasteiger partial charge < -0.3 is 14.2 Å². The van der Waals surface area contributed by atoms with Crippen LogP contribution in [0.25, 0.3) is 22.6 Å². The van der Waals surface area contributed by atoms with Crippen LogP contribution in [0.4, 0.5) is 0 Å². The fraction of sp³-hybridized carbons (Fsp3) is 0.238. The van der Waals surface area contributed by atoms with E-state index in [0.717, 1.165) is 35.5 Å². The van der Waals surface area contributed by atoms with E-state index in [1.165, 1.54) is 11.1 Å². The number of hydrogen-bond donors (Lipinski definition) is 0. The Morgan fingerprint density at radius 3 is 2.15 bits per heavy atom. The highest BCUT2D eigenvalue weighted by Crippen LogP contribution is 2.41. The Labute approximate surface area is 152 Å². The summed E-state index contributed by atoms with van der Waals surface area (Å²) in [4.78, 5) is 9.48. The lowest BCUT2D eigenvalue weighted by molar-refractivity contribution is 0.324. The van der Waals surface area contributed by atoms with Crippen LogP contribution in [0.15, 0.2) is 42.6 Å². The van der Waals surface area contributed by atoms with E-state index in [9.17, 15) is 0 Å². The predicted octanol–water partition coefficient (Wildman–Crippen LogP) is 3.94. The molecule has 1 aliphatic carbocycles. The van der Waals surface area contributed by atoms with Crippen LogP contribution in [0.5, 0.6) is 17.2 Å². The SMILES string of the molecule is COc1cc(-c2ccc3c(n2)-c2ncccc2CC3)cc(OC)c1OC. The second-order valence-electron chi connectivity index (χ2n) is 6.13. The van der Waals surface area contributed by atoms with E-state index in [1.54, 1.807) is 21.3 Å². The van der Waals surface area contributed by atoms with Gasteiger partial charge in [-0.1, -0.05) is 12.1 Å². The topological polar surface area (TPSA) is 53.5 Å². The zero-order valence-electron chi connectivity index (χ0n) is 15.1. The number of nitrogens with zero attached hydrogens (tertiary/aromatic N) is 2. The van der Waals surface area contributed by atoms with E-state index in [-0.39, 0.29) is 0 Å². The number of rotatable bonds is 4. The normalized spacial score (nSPS) is 12.1. The summed E-state index contributed by atoms with van der Waals surface area (Å²) in [6.07, 6.45) is 3.81. The molecule has 0 N–H and O–H groups in total. The van der Waals surface area contributed by atoms with Crippen molar-refractivity contribution in [3.63, 3.8) is 0 Å². The number of methoxy groups -OCH3 is 3. The summed E-state index contributed by atoms with van der Waals surface area (Å²) in [7, 11) is 4.82. The van der Waals surface area contributed by atoms with Gasteiger partial charge >= 0.3 is 0 Å². The molecule has 1 aliphatic rings. The van der Waals surface area contributed by atoms with Crippen LogP contribution in [0.3, 0.4) is 0 Å². The molecular weight excluding hydrogens is 328 g/mol. The highest BCUT2D eigenvalue weighted by molar-refractivity contribution is 5.73. The minimum absolute atomic E-state index is 0.573. The maximum Gasteiger partial charge on any atom is 0.203 e. The molecule has 0 aliphatic heterocycles. The quantitative estimate of drug-likeness (QED) is 0.715. The number of aryl methyl sites for hydroxylation is 2. The fourth-order valence-electron chi connectivity index (χ4n) is 3.41. The molecule has 0 saturated carbocycles. The summed E-state index contributed by atoms with van der Waals surface area (Å²) < 4.78 is 16.3. The summed E-state index contributed by atoms with van der Waals surface area (Å²) >= 11 is 0. The zero-order valence-corrected chi connectivity index (χ0v) is 15.1. The van der Waals surface area contributed by atoms with E-state index in [0.29, 0.717) is 17.2 Å². The van der Waals surface area contributed by atoms with Gasteiger partial charge in [-0.2, -0.15) is 0 Å². The van der Waals surface area contributed by atoms with E-state index < -0.39 is 0 Å². The first-order valence-electron chi connectivity index (χ1n) is 8.49. The Balaban J connectivity index is 1.86. The highest BCUT2D eigenvalue weighted by Gasteiger charge is 2.20. The Hall–Kier alpha value is -3.08. The first-order valence-corrected chi connectivity index (χ1v) is 8.49. The first kappa shape index (κ1) is 16.4. The molecule has 2 heterocycles. The minimum atomic E-state index is 0.573. The van der Waals surface area contributed by atoms with Gasteiger partial charge in [-0.25, -0.2) is 4.98 Å². The van der Waals surface area contributed by atoms with Gasteiger partial charge in [0.1, 0.15) is 0 Å². The van der Waals surface area contributed by atoms with Gasteiger partial charge in [-0.3, -0.25) is 4.98 Å². The van der Waals surface area contributed by atoms with Gasteiger partial charge in [0.15, 0.2) is 11.5 Å². The molecule has 5 heteroatoms.